The van der Waals surface area contributed by atoms with E-state index in [-0.39, 0.29) is 24.0 Å². The zero-order chi connectivity index (χ0) is 15.1. The summed E-state index contributed by atoms with van der Waals surface area (Å²) in [6.07, 6.45) is -4.77. The molecule has 0 heterocycles. The number of aryl methyl sites for hydroxylation is 2. The molecule has 0 aromatic heterocycles. The molecule has 108 valence electrons. The van der Waals surface area contributed by atoms with Crippen LogP contribution in [-0.2, 0) is 11.2 Å². The highest BCUT2D eigenvalue weighted by Crippen LogP contribution is 2.25. The Labute approximate surface area is 112 Å². The second-order valence-corrected chi connectivity index (χ2v) is 4.69. The monoisotopic (exact) mass is 289 g/mol. The van der Waals surface area contributed by atoms with Crippen LogP contribution in [0, 0.1) is 12.7 Å². The van der Waals surface area contributed by atoms with Gasteiger partial charge in [-0.15, -0.1) is 0 Å². The molecule has 1 aromatic rings. The molecular weight excluding hydrogens is 278 g/mol. The highest BCUT2D eigenvalue weighted by molar-refractivity contribution is 6.04. The summed E-state index contributed by atoms with van der Waals surface area (Å²) in [6, 6.07) is 1.30. The Kier molecular flexibility index (Phi) is 3.54. The van der Waals surface area contributed by atoms with Crippen molar-refractivity contribution in [2.75, 3.05) is 0 Å². The van der Waals surface area contributed by atoms with Crippen LogP contribution in [0.5, 0.6) is 0 Å². The molecule has 0 saturated carbocycles. The third kappa shape index (κ3) is 2.66. The first-order valence-corrected chi connectivity index (χ1v) is 5.91. The van der Waals surface area contributed by atoms with Crippen molar-refractivity contribution in [3.8, 4) is 0 Å². The Balaban J connectivity index is 2.24. The molecule has 1 aromatic carbocycles. The largest absolute Gasteiger partial charge is 0.471 e. The van der Waals surface area contributed by atoms with Crippen molar-refractivity contribution < 1.29 is 27.2 Å². The Hall–Kier alpha value is -1.92. The quantitative estimate of drug-likeness (QED) is 0.806. The summed E-state index contributed by atoms with van der Waals surface area (Å²) in [7, 11) is 0. The third-order valence-corrected chi connectivity index (χ3v) is 3.23. The molecule has 0 fully saturated rings. The molecule has 2 rings (SSSR count). The van der Waals surface area contributed by atoms with Crippen LogP contribution in [0.25, 0.3) is 0 Å². The summed E-state index contributed by atoms with van der Waals surface area (Å²) in [5.41, 5.74) is 0.859. The van der Waals surface area contributed by atoms with E-state index in [0.717, 1.165) is 0 Å². The summed E-state index contributed by atoms with van der Waals surface area (Å²) in [5, 5.41) is 1.68. The van der Waals surface area contributed by atoms with Gasteiger partial charge in [0.1, 0.15) is 5.82 Å². The maximum Gasteiger partial charge on any atom is 0.471 e. The number of carbonyl (C=O) groups excluding carboxylic acids is 2. The SMILES string of the molecule is Cc1cc2c(cc1F)CCC(NC(=O)C(F)(F)F)C2=O. The fourth-order valence-corrected chi connectivity index (χ4v) is 2.16. The number of Topliss-reactive ketones (excluding diaryl/α,β-unsaturated/α-hetero) is 1. The van der Waals surface area contributed by atoms with E-state index < -0.39 is 29.7 Å². The number of alkyl halides is 3. The average Bonchev–Trinajstić information content (AvgIpc) is 2.34. The first-order chi connectivity index (χ1) is 9.20. The highest BCUT2D eigenvalue weighted by atomic mass is 19.4. The number of benzene rings is 1. The van der Waals surface area contributed by atoms with Crippen molar-refractivity contribution in [1.82, 2.24) is 5.32 Å². The highest BCUT2D eigenvalue weighted by Gasteiger charge is 2.41. The molecule has 0 aliphatic heterocycles. The Morgan fingerprint density at radius 1 is 1.35 bits per heavy atom. The van der Waals surface area contributed by atoms with Gasteiger partial charge in [0.2, 0.25) is 0 Å². The molecule has 20 heavy (non-hydrogen) atoms. The van der Waals surface area contributed by atoms with Gasteiger partial charge in [0, 0.05) is 5.56 Å². The van der Waals surface area contributed by atoms with E-state index in [0.29, 0.717) is 5.56 Å². The average molecular weight is 289 g/mol. The van der Waals surface area contributed by atoms with Gasteiger partial charge in [-0.05, 0) is 43.0 Å². The van der Waals surface area contributed by atoms with Gasteiger partial charge >= 0.3 is 12.1 Å². The molecule has 0 bridgehead atoms. The molecule has 1 aliphatic rings. The second kappa shape index (κ2) is 4.88. The number of carbonyl (C=O) groups is 2. The summed E-state index contributed by atoms with van der Waals surface area (Å²) in [4.78, 5) is 22.9. The predicted octanol–water partition coefficient (Wildman–Crippen LogP) is 2.31. The summed E-state index contributed by atoms with van der Waals surface area (Å²) in [6.45, 7) is 1.46. The number of ketones is 1. The number of rotatable bonds is 1. The van der Waals surface area contributed by atoms with Crippen LogP contribution in [0.2, 0.25) is 0 Å². The van der Waals surface area contributed by atoms with Gasteiger partial charge in [-0.25, -0.2) is 4.39 Å². The zero-order valence-electron chi connectivity index (χ0n) is 10.5. The van der Waals surface area contributed by atoms with Crippen LogP contribution >= 0.6 is 0 Å². The van der Waals surface area contributed by atoms with E-state index >= 15 is 0 Å². The second-order valence-electron chi connectivity index (χ2n) is 4.69. The number of amides is 1. The molecule has 0 radical (unpaired) electrons. The van der Waals surface area contributed by atoms with E-state index in [9.17, 15) is 27.2 Å². The fraction of sp³-hybridized carbons (Fsp3) is 0.385. The van der Waals surface area contributed by atoms with Gasteiger partial charge in [0.05, 0.1) is 6.04 Å². The molecule has 1 unspecified atom stereocenters. The minimum Gasteiger partial charge on any atom is -0.338 e. The number of halogens is 4. The number of nitrogens with one attached hydrogen (secondary N) is 1. The Bertz CT molecular complexity index is 580. The van der Waals surface area contributed by atoms with Gasteiger partial charge in [-0.3, -0.25) is 9.59 Å². The van der Waals surface area contributed by atoms with Crippen molar-refractivity contribution in [2.45, 2.75) is 32.0 Å². The van der Waals surface area contributed by atoms with Gasteiger partial charge in [0.15, 0.2) is 5.78 Å². The van der Waals surface area contributed by atoms with Crippen molar-refractivity contribution in [3.63, 3.8) is 0 Å². The van der Waals surface area contributed by atoms with Gasteiger partial charge in [-0.2, -0.15) is 13.2 Å². The molecule has 1 aliphatic carbocycles. The standard InChI is InChI=1S/C13H11F4NO2/c1-6-4-8-7(5-9(6)14)2-3-10(11(8)19)18-12(20)13(15,16)17/h4-5,10H,2-3H2,1H3,(H,18,20). The Morgan fingerprint density at radius 3 is 2.60 bits per heavy atom. The minimum atomic E-state index is -5.03. The van der Waals surface area contributed by atoms with Crippen LogP contribution in [0.1, 0.15) is 27.9 Å². The normalized spacial score (nSPS) is 18.6. The first kappa shape index (κ1) is 14.5. The topological polar surface area (TPSA) is 46.2 Å². The zero-order valence-corrected chi connectivity index (χ0v) is 10.5. The smallest absolute Gasteiger partial charge is 0.338 e. The van der Waals surface area contributed by atoms with Crippen LogP contribution in [0.15, 0.2) is 12.1 Å². The molecule has 1 N–H and O–H groups in total. The third-order valence-electron chi connectivity index (χ3n) is 3.23. The van der Waals surface area contributed by atoms with Crippen molar-refractivity contribution in [2.24, 2.45) is 0 Å². The number of hydrogen-bond donors (Lipinski definition) is 1. The summed E-state index contributed by atoms with van der Waals surface area (Å²) >= 11 is 0. The van der Waals surface area contributed by atoms with E-state index in [4.69, 9.17) is 0 Å². The van der Waals surface area contributed by atoms with Crippen molar-refractivity contribution in [1.29, 1.82) is 0 Å². The molecular formula is C13H11F4NO2. The molecule has 0 spiro atoms. The van der Waals surface area contributed by atoms with Crippen LogP contribution in [-0.4, -0.2) is 23.9 Å². The van der Waals surface area contributed by atoms with Gasteiger partial charge < -0.3 is 5.32 Å². The lowest BCUT2D eigenvalue weighted by molar-refractivity contribution is -0.174. The van der Waals surface area contributed by atoms with E-state index in [1.807, 2.05) is 0 Å². The molecule has 1 atom stereocenters. The first-order valence-electron chi connectivity index (χ1n) is 5.91. The predicted molar refractivity (Wildman–Crippen MR) is 61.8 cm³/mol. The number of hydrogen-bond acceptors (Lipinski definition) is 2. The van der Waals surface area contributed by atoms with Crippen LogP contribution < -0.4 is 5.32 Å². The molecule has 1 amide bonds. The minimum absolute atomic E-state index is 0.0240. The van der Waals surface area contributed by atoms with Gasteiger partial charge in [-0.1, -0.05) is 0 Å². The molecule has 0 saturated heterocycles. The Morgan fingerprint density at radius 2 is 2.00 bits per heavy atom. The van der Waals surface area contributed by atoms with Crippen molar-refractivity contribution >= 4 is 11.7 Å². The fourth-order valence-electron chi connectivity index (χ4n) is 2.16. The lowest BCUT2D eigenvalue weighted by Crippen LogP contribution is -2.48. The summed E-state index contributed by atoms with van der Waals surface area (Å²) in [5.74, 6) is -3.22. The van der Waals surface area contributed by atoms with E-state index in [2.05, 4.69) is 0 Å². The lowest BCUT2D eigenvalue weighted by Gasteiger charge is -2.25. The van der Waals surface area contributed by atoms with Crippen molar-refractivity contribution in [3.05, 3.63) is 34.6 Å². The molecule has 3 nitrogen and oxygen atoms in total. The van der Waals surface area contributed by atoms with Gasteiger partial charge in [0.25, 0.3) is 0 Å². The van der Waals surface area contributed by atoms with E-state index in [1.165, 1.54) is 19.1 Å². The lowest BCUT2D eigenvalue weighted by atomic mass is 9.86. The maximum atomic E-state index is 13.4. The molecule has 7 heteroatoms. The van der Waals surface area contributed by atoms with Crippen LogP contribution in [0.3, 0.4) is 0 Å². The van der Waals surface area contributed by atoms with Crippen LogP contribution in [0.4, 0.5) is 17.6 Å². The summed E-state index contributed by atoms with van der Waals surface area (Å²) < 4.78 is 49.9. The maximum absolute atomic E-state index is 13.4. The van der Waals surface area contributed by atoms with E-state index in [1.54, 1.807) is 5.32 Å². The number of fused-ring (bicyclic) bond motifs is 1.